The number of hydrogen-bond acceptors (Lipinski definition) is 6. The minimum Gasteiger partial charge on any atom is -0.464 e. The highest BCUT2D eigenvalue weighted by Gasteiger charge is 2.22. The highest BCUT2D eigenvalue weighted by molar-refractivity contribution is 7.92. The first-order valence-electron chi connectivity index (χ1n) is 10.3. The van der Waals surface area contributed by atoms with E-state index in [1.807, 2.05) is 41.8 Å². The Hall–Kier alpha value is -3.11. The molecule has 0 atom stereocenters. The summed E-state index contributed by atoms with van der Waals surface area (Å²) in [6.07, 6.45) is 1.60. The summed E-state index contributed by atoms with van der Waals surface area (Å²) in [4.78, 5) is 17.4. The quantitative estimate of drug-likeness (QED) is 0.276. The lowest BCUT2D eigenvalue weighted by Gasteiger charge is -2.11. The molecule has 0 radical (unpaired) electrons. The first-order valence-corrected chi connectivity index (χ1v) is 13.4. The Morgan fingerprint density at radius 1 is 1.11 bits per heavy atom. The SMILES string of the molecule is Cc1nc2ccc(C(=O)NS(=O)(=O)c3ccc(Cl)s3)cc2n1Cc1ccc(-c2ccco2)cc1Cl. The van der Waals surface area contributed by atoms with Crippen molar-refractivity contribution in [1.29, 1.82) is 0 Å². The third kappa shape index (κ3) is 4.72. The van der Waals surface area contributed by atoms with Gasteiger partial charge in [-0.05, 0) is 61.0 Å². The van der Waals surface area contributed by atoms with Gasteiger partial charge in [0.05, 0.1) is 28.2 Å². The third-order valence-corrected chi connectivity index (χ3v) is 8.83. The Morgan fingerprint density at radius 3 is 2.63 bits per heavy atom. The maximum Gasteiger partial charge on any atom is 0.273 e. The minimum absolute atomic E-state index is 0.0366. The summed E-state index contributed by atoms with van der Waals surface area (Å²) in [5, 5.41) is 0.565. The predicted octanol–water partition coefficient (Wildman–Crippen LogP) is 6.14. The van der Waals surface area contributed by atoms with Crippen molar-refractivity contribution < 1.29 is 17.6 Å². The van der Waals surface area contributed by atoms with Crippen LogP contribution in [-0.4, -0.2) is 23.9 Å². The van der Waals surface area contributed by atoms with Gasteiger partial charge in [-0.15, -0.1) is 11.3 Å². The molecule has 0 fully saturated rings. The molecule has 3 heterocycles. The number of aromatic nitrogens is 2. The number of sulfonamides is 1. The summed E-state index contributed by atoms with van der Waals surface area (Å²) < 4.78 is 34.8. The van der Waals surface area contributed by atoms with Gasteiger partial charge in [0.15, 0.2) is 0 Å². The van der Waals surface area contributed by atoms with E-state index in [2.05, 4.69) is 9.71 Å². The zero-order chi connectivity index (χ0) is 24.7. The molecular formula is C24H17Cl2N3O4S2. The van der Waals surface area contributed by atoms with E-state index in [0.717, 1.165) is 34.0 Å². The molecule has 0 saturated carbocycles. The second kappa shape index (κ2) is 9.16. The highest BCUT2D eigenvalue weighted by atomic mass is 35.5. The number of nitrogens with one attached hydrogen (secondary N) is 1. The van der Waals surface area contributed by atoms with E-state index in [1.54, 1.807) is 18.4 Å². The second-order valence-corrected chi connectivity index (χ2v) is 11.8. The molecule has 0 aliphatic heterocycles. The minimum atomic E-state index is -4.03. The van der Waals surface area contributed by atoms with Crippen LogP contribution in [-0.2, 0) is 16.6 Å². The van der Waals surface area contributed by atoms with Gasteiger partial charge >= 0.3 is 0 Å². The van der Waals surface area contributed by atoms with Crippen molar-refractivity contribution in [3.05, 3.63) is 93.2 Å². The van der Waals surface area contributed by atoms with E-state index in [1.165, 1.54) is 18.2 Å². The number of carbonyl (C=O) groups is 1. The molecule has 1 amide bonds. The molecule has 7 nitrogen and oxygen atoms in total. The van der Waals surface area contributed by atoms with Crippen LogP contribution in [0, 0.1) is 6.92 Å². The molecule has 35 heavy (non-hydrogen) atoms. The van der Waals surface area contributed by atoms with Crippen molar-refractivity contribution in [2.75, 3.05) is 0 Å². The smallest absolute Gasteiger partial charge is 0.273 e. The number of benzene rings is 2. The fraction of sp³-hybridized carbons (Fsp3) is 0.0833. The fourth-order valence-corrected chi connectivity index (χ4v) is 6.40. The Labute approximate surface area is 215 Å². The number of carbonyl (C=O) groups excluding carboxylic acids is 1. The fourth-order valence-electron chi connectivity index (χ4n) is 3.70. The number of thiophene rings is 1. The molecule has 0 aliphatic carbocycles. The highest BCUT2D eigenvalue weighted by Crippen LogP contribution is 2.29. The number of aryl methyl sites for hydroxylation is 1. The van der Waals surface area contributed by atoms with Gasteiger partial charge in [0.2, 0.25) is 0 Å². The number of halogens is 2. The Bertz CT molecular complexity index is 1670. The van der Waals surface area contributed by atoms with Gasteiger partial charge in [-0.25, -0.2) is 18.1 Å². The van der Waals surface area contributed by atoms with Crippen LogP contribution in [0.1, 0.15) is 21.7 Å². The maximum atomic E-state index is 12.8. The van der Waals surface area contributed by atoms with E-state index in [0.29, 0.717) is 26.9 Å². The molecule has 178 valence electrons. The molecule has 0 bridgehead atoms. The Balaban J connectivity index is 1.44. The van der Waals surface area contributed by atoms with Crippen LogP contribution < -0.4 is 4.72 Å². The van der Waals surface area contributed by atoms with Crippen molar-refractivity contribution in [2.24, 2.45) is 0 Å². The average Bonchev–Trinajstić information content (AvgIpc) is 3.56. The molecule has 0 saturated heterocycles. The van der Waals surface area contributed by atoms with Gasteiger partial charge in [0, 0.05) is 16.1 Å². The largest absolute Gasteiger partial charge is 0.464 e. The van der Waals surface area contributed by atoms with Crippen LogP contribution >= 0.6 is 34.5 Å². The Morgan fingerprint density at radius 2 is 1.94 bits per heavy atom. The van der Waals surface area contributed by atoms with E-state index in [4.69, 9.17) is 27.6 Å². The van der Waals surface area contributed by atoms with Crippen LogP contribution in [0.2, 0.25) is 9.36 Å². The van der Waals surface area contributed by atoms with Crippen LogP contribution in [0.15, 0.2) is 75.6 Å². The normalized spacial score (nSPS) is 11.7. The van der Waals surface area contributed by atoms with Crippen LogP contribution in [0.5, 0.6) is 0 Å². The number of imidazole rings is 1. The summed E-state index contributed by atoms with van der Waals surface area (Å²) in [6.45, 7) is 2.27. The number of nitrogens with zero attached hydrogens (tertiary/aromatic N) is 2. The first-order chi connectivity index (χ1) is 16.7. The molecule has 0 aliphatic rings. The number of hydrogen-bond donors (Lipinski definition) is 1. The van der Waals surface area contributed by atoms with E-state index in [9.17, 15) is 13.2 Å². The van der Waals surface area contributed by atoms with Crippen LogP contribution in [0.4, 0.5) is 0 Å². The van der Waals surface area contributed by atoms with Gasteiger partial charge in [0.25, 0.3) is 15.9 Å². The lowest BCUT2D eigenvalue weighted by molar-refractivity contribution is 0.0981. The van der Waals surface area contributed by atoms with Gasteiger partial charge in [0.1, 0.15) is 15.8 Å². The molecule has 11 heteroatoms. The predicted molar refractivity (Wildman–Crippen MR) is 137 cm³/mol. The number of amides is 1. The lowest BCUT2D eigenvalue weighted by atomic mass is 10.1. The summed E-state index contributed by atoms with van der Waals surface area (Å²) in [5.74, 6) is 0.699. The summed E-state index contributed by atoms with van der Waals surface area (Å²) in [5.41, 5.74) is 3.26. The summed E-state index contributed by atoms with van der Waals surface area (Å²) in [7, 11) is -4.03. The second-order valence-electron chi connectivity index (χ2n) is 7.73. The molecule has 3 aromatic heterocycles. The zero-order valence-electron chi connectivity index (χ0n) is 18.2. The van der Waals surface area contributed by atoms with Crippen molar-refractivity contribution >= 4 is 61.5 Å². The van der Waals surface area contributed by atoms with Gasteiger partial charge in [-0.1, -0.05) is 35.3 Å². The molecular weight excluding hydrogens is 529 g/mol. The molecule has 5 rings (SSSR count). The molecule has 0 spiro atoms. The number of furan rings is 1. The average molecular weight is 546 g/mol. The zero-order valence-corrected chi connectivity index (χ0v) is 21.3. The first kappa shape index (κ1) is 23.6. The third-order valence-electron chi connectivity index (χ3n) is 5.43. The maximum absolute atomic E-state index is 12.8. The number of rotatable bonds is 6. The van der Waals surface area contributed by atoms with Gasteiger partial charge < -0.3 is 8.98 Å². The van der Waals surface area contributed by atoms with E-state index in [-0.39, 0.29) is 9.77 Å². The Kier molecular flexibility index (Phi) is 6.18. The van der Waals surface area contributed by atoms with Gasteiger partial charge in [-0.3, -0.25) is 4.79 Å². The lowest BCUT2D eigenvalue weighted by Crippen LogP contribution is -2.30. The van der Waals surface area contributed by atoms with Crippen LogP contribution in [0.3, 0.4) is 0 Å². The molecule has 0 unspecified atom stereocenters. The van der Waals surface area contributed by atoms with Crippen molar-refractivity contribution in [1.82, 2.24) is 14.3 Å². The van der Waals surface area contributed by atoms with Crippen molar-refractivity contribution in [3.8, 4) is 11.3 Å². The van der Waals surface area contributed by atoms with Gasteiger partial charge in [-0.2, -0.15) is 0 Å². The molecule has 2 aromatic carbocycles. The van der Waals surface area contributed by atoms with Crippen molar-refractivity contribution in [3.63, 3.8) is 0 Å². The van der Waals surface area contributed by atoms with Crippen molar-refractivity contribution in [2.45, 2.75) is 17.7 Å². The summed E-state index contributed by atoms with van der Waals surface area (Å²) >= 11 is 13.3. The monoisotopic (exact) mass is 545 g/mol. The van der Waals surface area contributed by atoms with Crippen LogP contribution in [0.25, 0.3) is 22.4 Å². The topological polar surface area (TPSA) is 94.2 Å². The molecule has 5 aromatic rings. The molecule has 1 N–H and O–H groups in total. The van der Waals surface area contributed by atoms with E-state index < -0.39 is 15.9 Å². The standard InChI is InChI=1S/C24H17Cl2N3O4S2/c1-14-27-19-7-6-16(24(30)28-35(31,32)23-9-8-22(26)34-23)12-20(19)29(14)13-17-5-4-15(11-18(17)25)21-3-2-10-33-21/h2-12H,13H2,1H3,(H,28,30). The van der Waals surface area contributed by atoms with E-state index >= 15 is 0 Å². The number of fused-ring (bicyclic) bond motifs is 1. The summed E-state index contributed by atoms with van der Waals surface area (Å²) in [6, 6.07) is 17.0.